The zero-order chi connectivity index (χ0) is 9.97. The highest BCUT2D eigenvalue weighted by Gasteiger charge is 2.27. The Morgan fingerprint density at radius 1 is 1.71 bits per heavy atom. The lowest BCUT2D eigenvalue weighted by Crippen LogP contribution is -2.28. The fourth-order valence-corrected chi connectivity index (χ4v) is 1.50. The molecule has 1 aliphatic heterocycles. The number of carbonyl (C=O) groups is 1. The molecule has 1 amide bonds. The van der Waals surface area contributed by atoms with Gasteiger partial charge in [0.15, 0.2) is 6.33 Å². The van der Waals surface area contributed by atoms with Gasteiger partial charge in [0.2, 0.25) is 11.8 Å². The zero-order valence-corrected chi connectivity index (χ0v) is 7.59. The van der Waals surface area contributed by atoms with Crippen LogP contribution in [0.1, 0.15) is 12.3 Å². The van der Waals surface area contributed by atoms with Crippen molar-refractivity contribution >= 4 is 5.91 Å². The van der Waals surface area contributed by atoms with E-state index in [9.17, 15) is 9.90 Å². The molecule has 2 heterocycles. The summed E-state index contributed by atoms with van der Waals surface area (Å²) in [6.45, 7) is 0.936. The molecule has 1 atom stereocenters. The van der Waals surface area contributed by atoms with Gasteiger partial charge in [0.05, 0.1) is 12.5 Å². The van der Waals surface area contributed by atoms with Crippen molar-refractivity contribution in [2.45, 2.75) is 18.9 Å². The third-order valence-electron chi connectivity index (χ3n) is 2.20. The first kappa shape index (κ1) is 9.14. The maximum Gasteiger partial charge on any atom is 0.228 e. The fraction of sp³-hybridized carbons (Fsp3) is 0.625. The van der Waals surface area contributed by atoms with E-state index < -0.39 is 6.10 Å². The maximum absolute atomic E-state index is 11.2. The molecular weight excluding hydrogens is 186 g/mol. The van der Waals surface area contributed by atoms with Crippen molar-refractivity contribution in [1.82, 2.24) is 15.0 Å². The highest BCUT2D eigenvalue weighted by molar-refractivity contribution is 5.78. The minimum atomic E-state index is -0.523. The molecule has 1 fully saturated rings. The molecule has 0 radical (unpaired) electrons. The van der Waals surface area contributed by atoms with Crippen LogP contribution in [0.5, 0.6) is 0 Å². The molecule has 6 heteroatoms. The Morgan fingerprint density at radius 2 is 2.57 bits per heavy atom. The van der Waals surface area contributed by atoms with Crippen LogP contribution in [-0.4, -0.2) is 45.2 Å². The SMILES string of the molecule is O=C1CC(O)CN1CCc1ncno1. The predicted molar refractivity (Wildman–Crippen MR) is 45.2 cm³/mol. The van der Waals surface area contributed by atoms with E-state index in [1.54, 1.807) is 4.90 Å². The Morgan fingerprint density at radius 3 is 3.14 bits per heavy atom. The highest BCUT2D eigenvalue weighted by Crippen LogP contribution is 2.10. The molecule has 0 aliphatic carbocycles. The lowest BCUT2D eigenvalue weighted by atomic mass is 10.3. The van der Waals surface area contributed by atoms with Crippen LogP contribution in [-0.2, 0) is 11.2 Å². The highest BCUT2D eigenvalue weighted by atomic mass is 16.5. The molecule has 6 nitrogen and oxygen atoms in total. The third kappa shape index (κ3) is 1.90. The standard InChI is InChI=1S/C8H11N3O3/c12-6-3-8(13)11(4-6)2-1-7-9-5-10-14-7/h5-6,12H,1-4H2. The van der Waals surface area contributed by atoms with Crippen LogP contribution >= 0.6 is 0 Å². The monoisotopic (exact) mass is 197 g/mol. The molecule has 0 saturated carbocycles. The number of β-amino-alcohol motifs (C(OH)–C–C–N with tert-alkyl or cyclic N) is 1. The summed E-state index contributed by atoms with van der Waals surface area (Å²) in [5.41, 5.74) is 0. The number of nitrogens with zero attached hydrogens (tertiary/aromatic N) is 3. The summed E-state index contributed by atoms with van der Waals surface area (Å²) in [5.74, 6) is 0.496. The number of amides is 1. The molecule has 76 valence electrons. The molecule has 1 N–H and O–H groups in total. The van der Waals surface area contributed by atoms with Gasteiger partial charge in [-0.3, -0.25) is 4.79 Å². The van der Waals surface area contributed by atoms with E-state index in [-0.39, 0.29) is 12.3 Å². The van der Waals surface area contributed by atoms with Gasteiger partial charge in [-0.2, -0.15) is 4.98 Å². The van der Waals surface area contributed by atoms with Gasteiger partial charge in [-0.25, -0.2) is 0 Å². The van der Waals surface area contributed by atoms with Crippen LogP contribution in [0.3, 0.4) is 0 Å². The van der Waals surface area contributed by atoms with Gasteiger partial charge < -0.3 is 14.5 Å². The van der Waals surface area contributed by atoms with Crippen LogP contribution in [0.15, 0.2) is 10.9 Å². The van der Waals surface area contributed by atoms with E-state index in [1.807, 2.05) is 0 Å². The zero-order valence-electron chi connectivity index (χ0n) is 7.59. The van der Waals surface area contributed by atoms with Crippen LogP contribution in [0, 0.1) is 0 Å². The first-order valence-corrected chi connectivity index (χ1v) is 4.47. The summed E-state index contributed by atoms with van der Waals surface area (Å²) in [7, 11) is 0. The first-order valence-electron chi connectivity index (χ1n) is 4.47. The molecule has 1 unspecified atom stereocenters. The van der Waals surface area contributed by atoms with Crippen molar-refractivity contribution in [1.29, 1.82) is 0 Å². The van der Waals surface area contributed by atoms with Gasteiger partial charge >= 0.3 is 0 Å². The molecule has 1 aromatic rings. The Labute approximate surface area is 80.5 Å². The van der Waals surface area contributed by atoms with Gasteiger partial charge in [0.1, 0.15) is 0 Å². The second-order valence-corrected chi connectivity index (χ2v) is 3.28. The summed E-state index contributed by atoms with van der Waals surface area (Å²) < 4.78 is 4.79. The fourth-order valence-electron chi connectivity index (χ4n) is 1.50. The van der Waals surface area contributed by atoms with Gasteiger partial charge in [0.25, 0.3) is 0 Å². The summed E-state index contributed by atoms with van der Waals surface area (Å²) >= 11 is 0. The van der Waals surface area contributed by atoms with E-state index >= 15 is 0 Å². The largest absolute Gasteiger partial charge is 0.391 e. The topological polar surface area (TPSA) is 79.5 Å². The number of rotatable bonds is 3. The van der Waals surface area contributed by atoms with Gasteiger partial charge in [0, 0.05) is 19.5 Å². The lowest BCUT2D eigenvalue weighted by Gasteiger charge is -2.13. The average molecular weight is 197 g/mol. The van der Waals surface area contributed by atoms with Crippen molar-refractivity contribution in [2.24, 2.45) is 0 Å². The van der Waals surface area contributed by atoms with E-state index in [0.717, 1.165) is 0 Å². The Kier molecular flexibility index (Phi) is 2.45. The number of hydrogen-bond acceptors (Lipinski definition) is 5. The van der Waals surface area contributed by atoms with E-state index in [2.05, 4.69) is 10.1 Å². The van der Waals surface area contributed by atoms with E-state index in [1.165, 1.54) is 6.33 Å². The van der Waals surface area contributed by atoms with E-state index in [0.29, 0.717) is 25.4 Å². The van der Waals surface area contributed by atoms with Gasteiger partial charge in [-0.1, -0.05) is 5.16 Å². The molecule has 1 saturated heterocycles. The van der Waals surface area contributed by atoms with Crippen molar-refractivity contribution < 1.29 is 14.4 Å². The summed E-state index contributed by atoms with van der Waals surface area (Å²) in [6.07, 6.45) is 1.57. The van der Waals surface area contributed by atoms with Gasteiger partial charge in [-0.05, 0) is 0 Å². The number of carbonyl (C=O) groups excluding carboxylic acids is 1. The minimum absolute atomic E-state index is 0.0167. The quantitative estimate of drug-likeness (QED) is 0.686. The molecule has 1 aromatic heterocycles. The number of aliphatic hydroxyl groups excluding tert-OH is 1. The average Bonchev–Trinajstić information content (AvgIpc) is 2.72. The number of hydrogen-bond donors (Lipinski definition) is 1. The molecule has 0 aromatic carbocycles. The Balaban J connectivity index is 1.84. The van der Waals surface area contributed by atoms with Crippen molar-refractivity contribution in [2.75, 3.05) is 13.1 Å². The van der Waals surface area contributed by atoms with Crippen LogP contribution in [0.4, 0.5) is 0 Å². The summed E-state index contributed by atoms with van der Waals surface area (Å²) in [5, 5.41) is 12.7. The van der Waals surface area contributed by atoms with Gasteiger partial charge in [-0.15, -0.1) is 0 Å². The molecule has 14 heavy (non-hydrogen) atoms. The molecular formula is C8H11N3O3. The minimum Gasteiger partial charge on any atom is -0.391 e. The predicted octanol–water partition coefficient (Wildman–Crippen LogP) is -0.795. The Bertz CT molecular complexity index is 312. The normalized spacial score (nSPS) is 21.9. The van der Waals surface area contributed by atoms with Crippen molar-refractivity contribution in [3.8, 4) is 0 Å². The molecule has 1 aliphatic rings. The number of aliphatic hydroxyl groups is 1. The first-order chi connectivity index (χ1) is 6.75. The smallest absolute Gasteiger partial charge is 0.228 e. The maximum atomic E-state index is 11.2. The van der Waals surface area contributed by atoms with Crippen molar-refractivity contribution in [3.05, 3.63) is 12.2 Å². The Hall–Kier alpha value is -1.43. The molecule has 0 bridgehead atoms. The van der Waals surface area contributed by atoms with Crippen LogP contribution in [0.2, 0.25) is 0 Å². The molecule has 0 spiro atoms. The van der Waals surface area contributed by atoms with Crippen molar-refractivity contribution in [3.63, 3.8) is 0 Å². The number of likely N-dealkylation sites (tertiary alicyclic amines) is 1. The molecule has 2 rings (SSSR count). The van der Waals surface area contributed by atoms with Crippen LogP contribution < -0.4 is 0 Å². The summed E-state index contributed by atoms with van der Waals surface area (Å²) in [6, 6.07) is 0. The second-order valence-electron chi connectivity index (χ2n) is 3.28. The van der Waals surface area contributed by atoms with Crippen LogP contribution in [0.25, 0.3) is 0 Å². The second kappa shape index (κ2) is 3.75. The number of aromatic nitrogens is 2. The third-order valence-corrected chi connectivity index (χ3v) is 2.20. The van der Waals surface area contributed by atoms with E-state index in [4.69, 9.17) is 4.52 Å². The lowest BCUT2D eigenvalue weighted by molar-refractivity contribution is -0.127. The summed E-state index contributed by atoms with van der Waals surface area (Å²) in [4.78, 5) is 16.7.